The van der Waals surface area contributed by atoms with Gasteiger partial charge in [-0.2, -0.15) is 4.79 Å². The van der Waals surface area contributed by atoms with Crippen molar-refractivity contribution in [2.75, 3.05) is 13.2 Å². The molecule has 0 bridgehead atoms. The molecule has 2 rings (SSSR count). The van der Waals surface area contributed by atoms with Gasteiger partial charge in [-0.05, 0) is 0 Å². The molecule has 132 valence electrons. The summed E-state index contributed by atoms with van der Waals surface area (Å²) in [5, 5.41) is 19.5. The summed E-state index contributed by atoms with van der Waals surface area (Å²) in [5.41, 5.74) is -1.02. The van der Waals surface area contributed by atoms with E-state index in [-0.39, 0.29) is 19.5 Å². The van der Waals surface area contributed by atoms with Gasteiger partial charge < -0.3 is 14.9 Å². The quantitative estimate of drug-likeness (QED) is 0.775. The third kappa shape index (κ3) is 3.25. The fourth-order valence-electron chi connectivity index (χ4n) is 3.31. The number of benzene rings is 1. The minimum atomic E-state index is -2.69. The Hall–Kier alpha value is -2.06. The molecule has 3 atom stereocenters. The molecule has 8 heteroatoms. The minimum Gasteiger partial charge on any atom is -0.477 e. The standard InChI is InChI=1S/C16H19F2NO5/c1-16(14(20)21)7-12(24-10-13(17)18)9-19(16,15(22)23)8-11-5-3-2-4-6-11/h2-6,12-13H,7-10H2,1H3,(H-,20,21,22,23)/p+1/t12-,16?,19?/m1/s1. The van der Waals surface area contributed by atoms with Crippen LogP contribution in [0.2, 0.25) is 0 Å². The zero-order valence-electron chi connectivity index (χ0n) is 13.2. The van der Waals surface area contributed by atoms with Gasteiger partial charge in [-0.3, -0.25) is 0 Å². The van der Waals surface area contributed by atoms with Crippen molar-refractivity contribution in [3.63, 3.8) is 0 Å². The fraction of sp³-hybridized carbons (Fsp3) is 0.500. The molecular formula is C16H20F2NO5+. The van der Waals surface area contributed by atoms with Crippen LogP contribution in [-0.4, -0.2) is 58.0 Å². The molecule has 0 aliphatic carbocycles. The van der Waals surface area contributed by atoms with Gasteiger partial charge in [0.2, 0.25) is 5.54 Å². The Morgan fingerprint density at radius 2 is 1.96 bits per heavy atom. The molecule has 1 heterocycles. The van der Waals surface area contributed by atoms with Crippen molar-refractivity contribution in [1.82, 2.24) is 0 Å². The van der Waals surface area contributed by atoms with Crippen LogP contribution in [0.15, 0.2) is 30.3 Å². The predicted molar refractivity (Wildman–Crippen MR) is 79.7 cm³/mol. The first-order valence-electron chi connectivity index (χ1n) is 7.49. The molecule has 1 amide bonds. The highest BCUT2D eigenvalue weighted by Crippen LogP contribution is 2.41. The molecule has 6 nitrogen and oxygen atoms in total. The van der Waals surface area contributed by atoms with E-state index in [0.717, 1.165) is 0 Å². The molecule has 2 N–H and O–H groups in total. The van der Waals surface area contributed by atoms with Gasteiger partial charge in [0.25, 0.3) is 6.43 Å². The Balaban J connectivity index is 2.37. The summed E-state index contributed by atoms with van der Waals surface area (Å²) >= 11 is 0. The van der Waals surface area contributed by atoms with Crippen molar-refractivity contribution < 1.29 is 37.8 Å². The normalized spacial score (nSPS) is 29.8. The maximum absolute atomic E-state index is 12.4. The highest BCUT2D eigenvalue weighted by molar-refractivity contribution is 5.80. The molecule has 1 fully saturated rings. The fourth-order valence-corrected chi connectivity index (χ4v) is 3.31. The predicted octanol–water partition coefficient (Wildman–Crippen LogP) is 2.58. The Labute approximate surface area is 137 Å². The number of quaternary nitrogens is 1. The first-order chi connectivity index (χ1) is 11.2. The van der Waals surface area contributed by atoms with Crippen molar-refractivity contribution in [3.8, 4) is 0 Å². The van der Waals surface area contributed by atoms with Crippen molar-refractivity contribution in [3.05, 3.63) is 35.9 Å². The number of nitrogens with zero attached hydrogens (tertiary/aromatic N) is 1. The molecule has 1 aliphatic heterocycles. The van der Waals surface area contributed by atoms with Crippen molar-refractivity contribution in [1.29, 1.82) is 0 Å². The third-order valence-electron chi connectivity index (χ3n) is 4.67. The van der Waals surface area contributed by atoms with Gasteiger partial charge in [0, 0.05) is 18.9 Å². The van der Waals surface area contributed by atoms with Crippen LogP contribution in [0.4, 0.5) is 13.6 Å². The Morgan fingerprint density at radius 1 is 1.33 bits per heavy atom. The maximum Gasteiger partial charge on any atom is 0.514 e. The number of hydrogen-bond acceptors (Lipinski definition) is 3. The van der Waals surface area contributed by atoms with Crippen molar-refractivity contribution >= 4 is 12.1 Å². The summed E-state index contributed by atoms with van der Waals surface area (Å²) < 4.78 is 29.0. The second kappa shape index (κ2) is 6.82. The zero-order chi connectivity index (χ0) is 18.0. The van der Waals surface area contributed by atoms with E-state index in [1.165, 1.54) is 6.92 Å². The number of likely N-dealkylation sites (tertiary alicyclic amines) is 1. The van der Waals surface area contributed by atoms with Crippen LogP contribution in [0.5, 0.6) is 0 Å². The monoisotopic (exact) mass is 344 g/mol. The van der Waals surface area contributed by atoms with Crippen LogP contribution in [0.25, 0.3) is 0 Å². The summed E-state index contributed by atoms with van der Waals surface area (Å²) in [5.74, 6) is -1.29. The Bertz CT molecular complexity index is 612. The SMILES string of the molecule is CC1(C(=O)O)C[C@@H](OCC(F)F)C[N+]1(Cc1ccccc1)C(=O)O. The van der Waals surface area contributed by atoms with Crippen LogP contribution in [0.1, 0.15) is 18.9 Å². The van der Waals surface area contributed by atoms with Gasteiger partial charge in [-0.15, -0.1) is 0 Å². The number of alkyl halides is 2. The molecule has 0 aromatic heterocycles. The average Bonchev–Trinajstić information content (AvgIpc) is 2.81. The smallest absolute Gasteiger partial charge is 0.477 e. The number of hydrogen-bond donors (Lipinski definition) is 2. The molecule has 0 radical (unpaired) electrons. The highest BCUT2D eigenvalue weighted by Gasteiger charge is 2.65. The molecule has 2 unspecified atom stereocenters. The van der Waals surface area contributed by atoms with Gasteiger partial charge in [0.1, 0.15) is 25.8 Å². The van der Waals surface area contributed by atoms with E-state index < -0.39 is 41.2 Å². The topological polar surface area (TPSA) is 83.8 Å². The van der Waals surface area contributed by atoms with Crippen LogP contribution >= 0.6 is 0 Å². The van der Waals surface area contributed by atoms with Gasteiger partial charge in [-0.25, -0.2) is 18.1 Å². The van der Waals surface area contributed by atoms with E-state index in [9.17, 15) is 28.6 Å². The number of amides is 1. The van der Waals surface area contributed by atoms with Crippen molar-refractivity contribution in [2.24, 2.45) is 0 Å². The van der Waals surface area contributed by atoms with E-state index >= 15 is 0 Å². The lowest BCUT2D eigenvalue weighted by molar-refractivity contribution is -0.898. The molecular weight excluding hydrogens is 324 g/mol. The lowest BCUT2D eigenvalue weighted by Crippen LogP contribution is -2.65. The summed E-state index contributed by atoms with van der Waals surface area (Å²) in [7, 11) is 0. The lowest BCUT2D eigenvalue weighted by atomic mass is 9.95. The second-order valence-electron chi connectivity index (χ2n) is 6.21. The number of carbonyl (C=O) groups is 2. The van der Waals surface area contributed by atoms with Gasteiger partial charge >= 0.3 is 12.1 Å². The summed E-state index contributed by atoms with van der Waals surface area (Å²) in [6, 6.07) is 8.64. The maximum atomic E-state index is 12.4. The molecule has 1 aromatic carbocycles. The van der Waals surface area contributed by atoms with E-state index in [1.807, 2.05) is 0 Å². The molecule has 0 saturated carbocycles. The number of aliphatic carboxylic acids is 1. The molecule has 1 aromatic rings. The summed E-state index contributed by atoms with van der Waals surface area (Å²) in [6.07, 6.45) is -5.01. The summed E-state index contributed by atoms with van der Waals surface area (Å²) in [6.45, 7) is 0.247. The number of rotatable bonds is 6. The van der Waals surface area contributed by atoms with E-state index in [1.54, 1.807) is 30.3 Å². The molecule has 1 aliphatic rings. The zero-order valence-corrected chi connectivity index (χ0v) is 13.2. The second-order valence-corrected chi connectivity index (χ2v) is 6.21. The number of halogens is 2. The van der Waals surface area contributed by atoms with Crippen LogP contribution < -0.4 is 0 Å². The Kier molecular flexibility index (Phi) is 5.19. The number of carboxylic acid groups (broad SMARTS) is 2. The lowest BCUT2D eigenvalue weighted by Gasteiger charge is -2.38. The van der Waals surface area contributed by atoms with Gasteiger partial charge in [-0.1, -0.05) is 30.3 Å². The van der Waals surface area contributed by atoms with Crippen molar-refractivity contribution in [2.45, 2.75) is 38.0 Å². The first-order valence-corrected chi connectivity index (χ1v) is 7.49. The van der Waals surface area contributed by atoms with E-state index in [2.05, 4.69) is 0 Å². The first kappa shape index (κ1) is 18.3. The largest absolute Gasteiger partial charge is 0.514 e. The summed E-state index contributed by atoms with van der Waals surface area (Å²) in [4.78, 5) is 23.9. The molecule has 24 heavy (non-hydrogen) atoms. The van der Waals surface area contributed by atoms with E-state index in [0.29, 0.717) is 5.56 Å². The molecule has 1 saturated heterocycles. The molecule has 0 spiro atoms. The van der Waals surface area contributed by atoms with Crippen LogP contribution in [0.3, 0.4) is 0 Å². The minimum absolute atomic E-state index is 0.0620. The number of carboxylic acids is 1. The van der Waals surface area contributed by atoms with Gasteiger partial charge in [0.15, 0.2) is 0 Å². The average molecular weight is 344 g/mol. The Morgan fingerprint density at radius 3 is 2.46 bits per heavy atom. The highest BCUT2D eigenvalue weighted by atomic mass is 19.3. The van der Waals surface area contributed by atoms with E-state index in [4.69, 9.17) is 4.74 Å². The van der Waals surface area contributed by atoms with Crippen LogP contribution in [0, 0.1) is 0 Å². The van der Waals surface area contributed by atoms with Crippen LogP contribution in [-0.2, 0) is 16.1 Å². The van der Waals surface area contributed by atoms with Gasteiger partial charge in [0.05, 0.1) is 0 Å². The third-order valence-corrected chi connectivity index (χ3v) is 4.67. The number of ether oxygens (including phenoxy) is 1.